The van der Waals surface area contributed by atoms with Gasteiger partial charge in [0.2, 0.25) is 17.7 Å². The van der Waals surface area contributed by atoms with Gasteiger partial charge in [-0.3, -0.25) is 14.4 Å². The molecule has 1 aliphatic rings. The van der Waals surface area contributed by atoms with Gasteiger partial charge in [-0.15, -0.1) is 6.58 Å². The molecule has 7 heteroatoms. The molecule has 1 aromatic carbocycles. The van der Waals surface area contributed by atoms with E-state index in [9.17, 15) is 18.8 Å². The van der Waals surface area contributed by atoms with Gasteiger partial charge in [-0.1, -0.05) is 32.1 Å². The van der Waals surface area contributed by atoms with Crippen LogP contribution in [0.3, 0.4) is 0 Å². The molecule has 1 saturated heterocycles. The third-order valence-electron chi connectivity index (χ3n) is 5.72. The average molecular weight is 432 g/mol. The third kappa shape index (κ3) is 7.19. The predicted molar refractivity (Wildman–Crippen MR) is 118 cm³/mol. The molecule has 0 spiro atoms. The largest absolute Gasteiger partial charge is 0.369 e. The monoisotopic (exact) mass is 431 g/mol. The second-order valence-corrected chi connectivity index (χ2v) is 8.71. The number of carbonyl (C=O) groups excluding carboxylic acids is 3. The summed E-state index contributed by atoms with van der Waals surface area (Å²) in [5.41, 5.74) is 6.41. The second kappa shape index (κ2) is 11.6. The Morgan fingerprint density at radius 3 is 2.52 bits per heavy atom. The van der Waals surface area contributed by atoms with Crippen molar-refractivity contribution in [2.24, 2.45) is 23.5 Å². The first-order valence-corrected chi connectivity index (χ1v) is 11.0. The maximum Gasteiger partial charge on any atom is 0.245 e. The van der Waals surface area contributed by atoms with Crippen LogP contribution >= 0.6 is 0 Å². The van der Waals surface area contributed by atoms with Crippen molar-refractivity contribution in [2.45, 2.75) is 58.5 Å². The first-order chi connectivity index (χ1) is 14.7. The molecule has 1 aliphatic heterocycles. The average Bonchev–Trinajstić information content (AvgIpc) is 2.88. The Kier molecular flexibility index (Phi) is 9.21. The minimum Gasteiger partial charge on any atom is -0.369 e. The summed E-state index contributed by atoms with van der Waals surface area (Å²) in [5.74, 6) is -2.42. The van der Waals surface area contributed by atoms with Crippen LogP contribution in [0.1, 0.15) is 51.5 Å². The number of amides is 3. The van der Waals surface area contributed by atoms with Gasteiger partial charge in [-0.05, 0) is 55.7 Å². The molecule has 6 nitrogen and oxygen atoms in total. The van der Waals surface area contributed by atoms with Gasteiger partial charge in [0, 0.05) is 13.1 Å². The summed E-state index contributed by atoms with van der Waals surface area (Å²) in [4.78, 5) is 40.0. The molecular formula is C24H34FN3O3. The number of nitrogens with one attached hydrogen (secondary N) is 1. The minimum absolute atomic E-state index is 0.155. The molecule has 0 bridgehead atoms. The lowest BCUT2D eigenvalue weighted by atomic mass is 9.82. The molecule has 31 heavy (non-hydrogen) atoms. The van der Waals surface area contributed by atoms with Crippen LogP contribution in [0.5, 0.6) is 0 Å². The summed E-state index contributed by atoms with van der Waals surface area (Å²) in [6, 6.07) is 5.41. The first-order valence-electron chi connectivity index (χ1n) is 11.0. The molecule has 3 N–H and O–H groups in total. The van der Waals surface area contributed by atoms with Gasteiger partial charge in [0.25, 0.3) is 0 Å². The van der Waals surface area contributed by atoms with Gasteiger partial charge >= 0.3 is 0 Å². The molecule has 3 atom stereocenters. The van der Waals surface area contributed by atoms with E-state index >= 15 is 0 Å². The van der Waals surface area contributed by atoms with Gasteiger partial charge in [0.1, 0.15) is 11.9 Å². The highest BCUT2D eigenvalue weighted by molar-refractivity contribution is 5.91. The molecule has 1 aromatic rings. The van der Waals surface area contributed by atoms with E-state index < -0.39 is 23.8 Å². The number of primary amides is 1. The van der Waals surface area contributed by atoms with Crippen LogP contribution in [-0.2, 0) is 20.9 Å². The second-order valence-electron chi connectivity index (χ2n) is 8.71. The highest BCUT2D eigenvalue weighted by atomic mass is 19.1. The van der Waals surface area contributed by atoms with Gasteiger partial charge in [-0.25, -0.2) is 4.39 Å². The van der Waals surface area contributed by atoms with Crippen LogP contribution in [0.15, 0.2) is 36.9 Å². The van der Waals surface area contributed by atoms with E-state index in [1.807, 2.05) is 13.8 Å². The van der Waals surface area contributed by atoms with E-state index in [1.165, 1.54) is 12.1 Å². The number of nitrogens with two attached hydrogens (primary N) is 1. The van der Waals surface area contributed by atoms with Crippen molar-refractivity contribution in [1.29, 1.82) is 0 Å². The van der Waals surface area contributed by atoms with E-state index in [2.05, 4.69) is 11.9 Å². The van der Waals surface area contributed by atoms with Gasteiger partial charge in [-0.2, -0.15) is 0 Å². The lowest BCUT2D eigenvalue weighted by molar-refractivity contribution is -0.139. The number of benzene rings is 1. The molecule has 3 amide bonds. The SMILES string of the molecule is C=CCC(C(N)=O)C(CC(C)C)C(=O)N[C@H]1CCCCN(Cc2ccc(F)cc2)C1=O. The van der Waals surface area contributed by atoms with Gasteiger partial charge in [0.05, 0.1) is 11.8 Å². The van der Waals surface area contributed by atoms with E-state index in [1.54, 1.807) is 23.1 Å². The molecule has 1 heterocycles. The van der Waals surface area contributed by atoms with E-state index in [-0.39, 0.29) is 23.5 Å². The Morgan fingerprint density at radius 1 is 1.26 bits per heavy atom. The summed E-state index contributed by atoms with van der Waals surface area (Å²) in [6.45, 7) is 8.58. The smallest absolute Gasteiger partial charge is 0.245 e. The number of halogens is 1. The standard InChI is InChI=1S/C24H34FN3O3/c1-4-7-19(22(26)29)20(14-16(2)3)23(30)27-21-8-5-6-13-28(24(21)31)15-17-9-11-18(25)12-10-17/h4,9-12,16,19-21H,1,5-8,13-15H2,2-3H3,(H2,26,29)(H,27,30)/t19?,20?,21-/m0/s1. The number of hydrogen-bond acceptors (Lipinski definition) is 3. The van der Waals surface area contributed by atoms with Crippen LogP contribution in [0.4, 0.5) is 4.39 Å². The summed E-state index contributed by atoms with van der Waals surface area (Å²) >= 11 is 0. The molecule has 0 saturated carbocycles. The maximum atomic E-state index is 13.2. The summed E-state index contributed by atoms with van der Waals surface area (Å²) in [5, 5.41) is 2.90. The summed E-state index contributed by atoms with van der Waals surface area (Å²) in [6.07, 6.45) is 4.58. The maximum absolute atomic E-state index is 13.2. The van der Waals surface area contributed by atoms with Crippen LogP contribution in [0.2, 0.25) is 0 Å². The van der Waals surface area contributed by atoms with Crippen LogP contribution in [0, 0.1) is 23.6 Å². The number of allylic oxidation sites excluding steroid dienone is 1. The normalized spacial score (nSPS) is 18.9. The fourth-order valence-corrected chi connectivity index (χ4v) is 4.11. The molecule has 0 radical (unpaired) electrons. The molecule has 0 aromatic heterocycles. The highest BCUT2D eigenvalue weighted by Gasteiger charge is 2.35. The van der Waals surface area contributed by atoms with Crippen molar-refractivity contribution in [3.8, 4) is 0 Å². The minimum atomic E-state index is -0.656. The van der Waals surface area contributed by atoms with Crippen molar-refractivity contribution in [1.82, 2.24) is 10.2 Å². The van der Waals surface area contributed by atoms with Crippen molar-refractivity contribution < 1.29 is 18.8 Å². The lowest BCUT2D eigenvalue weighted by Gasteiger charge is -2.29. The molecular weight excluding hydrogens is 397 g/mol. The van der Waals surface area contributed by atoms with E-state index in [0.717, 1.165) is 18.4 Å². The third-order valence-corrected chi connectivity index (χ3v) is 5.72. The lowest BCUT2D eigenvalue weighted by Crippen LogP contribution is -2.50. The molecule has 170 valence electrons. The molecule has 2 unspecified atom stereocenters. The fraction of sp³-hybridized carbons (Fsp3) is 0.542. The molecule has 1 fully saturated rings. The first kappa shape index (κ1) is 24.6. The van der Waals surface area contributed by atoms with Crippen molar-refractivity contribution in [2.75, 3.05) is 6.54 Å². The zero-order valence-electron chi connectivity index (χ0n) is 18.5. The Balaban J connectivity index is 2.15. The fourth-order valence-electron chi connectivity index (χ4n) is 4.11. The number of likely N-dealkylation sites (tertiary alicyclic amines) is 1. The zero-order chi connectivity index (χ0) is 23.0. The quantitative estimate of drug-likeness (QED) is 0.558. The van der Waals surface area contributed by atoms with Crippen molar-refractivity contribution in [3.05, 3.63) is 48.3 Å². The summed E-state index contributed by atoms with van der Waals surface area (Å²) in [7, 11) is 0. The van der Waals surface area contributed by atoms with E-state index in [4.69, 9.17) is 5.73 Å². The number of hydrogen-bond donors (Lipinski definition) is 2. The number of rotatable bonds is 10. The van der Waals surface area contributed by atoms with Crippen LogP contribution in [-0.4, -0.2) is 35.2 Å². The number of nitrogens with zero attached hydrogens (tertiary/aromatic N) is 1. The Morgan fingerprint density at radius 2 is 1.94 bits per heavy atom. The Hall–Kier alpha value is -2.70. The highest BCUT2D eigenvalue weighted by Crippen LogP contribution is 2.25. The Labute approximate surface area is 184 Å². The summed E-state index contributed by atoms with van der Waals surface area (Å²) < 4.78 is 13.2. The van der Waals surface area contributed by atoms with Crippen molar-refractivity contribution in [3.63, 3.8) is 0 Å². The molecule has 2 rings (SSSR count). The molecule has 0 aliphatic carbocycles. The van der Waals surface area contributed by atoms with Gasteiger partial charge < -0.3 is 16.0 Å². The van der Waals surface area contributed by atoms with Crippen LogP contribution in [0.25, 0.3) is 0 Å². The Bertz CT molecular complexity index is 779. The van der Waals surface area contributed by atoms with Crippen LogP contribution < -0.4 is 11.1 Å². The topological polar surface area (TPSA) is 92.5 Å². The van der Waals surface area contributed by atoms with Gasteiger partial charge in [0.15, 0.2) is 0 Å². The zero-order valence-corrected chi connectivity index (χ0v) is 18.5. The number of carbonyl (C=O) groups is 3. The van der Waals surface area contributed by atoms with Crippen molar-refractivity contribution >= 4 is 17.7 Å². The predicted octanol–water partition coefficient (Wildman–Crippen LogP) is 3.16. The van der Waals surface area contributed by atoms with E-state index in [0.29, 0.717) is 32.4 Å².